The van der Waals surface area contributed by atoms with Gasteiger partial charge in [0.15, 0.2) is 0 Å². The van der Waals surface area contributed by atoms with E-state index < -0.39 is 7.32 Å². The van der Waals surface area contributed by atoms with Gasteiger partial charge in [0, 0.05) is 13.7 Å². The summed E-state index contributed by atoms with van der Waals surface area (Å²) in [5, 5.41) is 8.89. The SMILES string of the molecule is CCCCCCCCCOB(O)OC. The first-order valence-electron chi connectivity index (χ1n) is 5.63. The van der Waals surface area contributed by atoms with Gasteiger partial charge in [0.2, 0.25) is 0 Å². The fraction of sp³-hybridized carbons (Fsp3) is 1.00. The fourth-order valence-corrected chi connectivity index (χ4v) is 1.31. The highest BCUT2D eigenvalue weighted by molar-refractivity contribution is 6.34. The standard InChI is InChI=1S/C10H23BO3/c1-3-4-5-6-7-8-9-10-14-11(12)13-2/h12H,3-10H2,1-2H3. The Balaban J connectivity index is 2.92. The average Bonchev–Trinajstić information content (AvgIpc) is 2.21. The molecule has 0 saturated heterocycles. The highest BCUT2D eigenvalue weighted by Crippen LogP contribution is 2.06. The minimum absolute atomic E-state index is 0.586. The third-order valence-corrected chi connectivity index (χ3v) is 2.21. The van der Waals surface area contributed by atoms with Crippen molar-refractivity contribution in [1.29, 1.82) is 0 Å². The molecule has 0 aliphatic carbocycles. The first-order valence-corrected chi connectivity index (χ1v) is 5.63. The molecule has 1 N–H and O–H groups in total. The summed E-state index contributed by atoms with van der Waals surface area (Å²) in [5.41, 5.74) is 0. The molecule has 0 atom stereocenters. The van der Waals surface area contributed by atoms with Crippen molar-refractivity contribution in [3.63, 3.8) is 0 Å². The third kappa shape index (κ3) is 10.0. The molecule has 0 rings (SSSR count). The van der Waals surface area contributed by atoms with Crippen LogP contribution in [-0.2, 0) is 9.31 Å². The monoisotopic (exact) mass is 202 g/mol. The Morgan fingerprint density at radius 1 is 1.00 bits per heavy atom. The Bertz CT molecular complexity index is 112. The number of rotatable bonds is 10. The molecular weight excluding hydrogens is 179 g/mol. The van der Waals surface area contributed by atoms with Crippen molar-refractivity contribution in [3.05, 3.63) is 0 Å². The van der Waals surface area contributed by atoms with Gasteiger partial charge < -0.3 is 14.3 Å². The van der Waals surface area contributed by atoms with Crippen LogP contribution in [0.5, 0.6) is 0 Å². The second-order valence-electron chi connectivity index (χ2n) is 3.53. The van der Waals surface area contributed by atoms with Crippen LogP contribution in [-0.4, -0.2) is 26.1 Å². The normalized spacial score (nSPS) is 10.5. The first kappa shape index (κ1) is 13.9. The highest BCUT2D eigenvalue weighted by atomic mass is 16.7. The molecular formula is C10H23BO3. The molecule has 84 valence electrons. The minimum atomic E-state index is -1.05. The van der Waals surface area contributed by atoms with Crippen LogP contribution in [0.1, 0.15) is 51.9 Å². The maximum Gasteiger partial charge on any atom is 0.636 e. The molecule has 0 aromatic heterocycles. The van der Waals surface area contributed by atoms with Gasteiger partial charge in [-0.3, -0.25) is 0 Å². The summed E-state index contributed by atoms with van der Waals surface area (Å²) in [5.74, 6) is 0. The van der Waals surface area contributed by atoms with Crippen molar-refractivity contribution in [2.45, 2.75) is 51.9 Å². The first-order chi connectivity index (χ1) is 6.81. The zero-order valence-electron chi connectivity index (χ0n) is 9.50. The van der Waals surface area contributed by atoms with E-state index in [4.69, 9.17) is 9.68 Å². The van der Waals surface area contributed by atoms with Crippen LogP contribution in [0.15, 0.2) is 0 Å². The molecule has 0 aromatic carbocycles. The van der Waals surface area contributed by atoms with E-state index in [0.717, 1.165) is 6.42 Å². The molecule has 0 aliphatic heterocycles. The van der Waals surface area contributed by atoms with Crippen LogP contribution in [0.25, 0.3) is 0 Å². The van der Waals surface area contributed by atoms with Crippen molar-refractivity contribution in [2.24, 2.45) is 0 Å². The van der Waals surface area contributed by atoms with Gasteiger partial charge in [-0.2, -0.15) is 0 Å². The molecule has 14 heavy (non-hydrogen) atoms. The lowest BCUT2D eigenvalue weighted by atomic mass is 10.1. The van der Waals surface area contributed by atoms with Crippen LogP contribution < -0.4 is 0 Å². The van der Waals surface area contributed by atoms with E-state index in [1.165, 1.54) is 45.6 Å². The molecule has 0 aromatic rings. The number of unbranched alkanes of at least 4 members (excludes halogenated alkanes) is 6. The van der Waals surface area contributed by atoms with Gasteiger partial charge in [-0.05, 0) is 6.42 Å². The molecule has 0 amide bonds. The smallest absolute Gasteiger partial charge is 0.402 e. The van der Waals surface area contributed by atoms with Crippen molar-refractivity contribution >= 4 is 7.32 Å². The summed E-state index contributed by atoms with van der Waals surface area (Å²) in [6, 6.07) is 0. The molecule has 0 bridgehead atoms. The molecule has 3 nitrogen and oxygen atoms in total. The number of hydrogen-bond donors (Lipinski definition) is 1. The van der Waals surface area contributed by atoms with Gasteiger partial charge in [0.05, 0.1) is 0 Å². The third-order valence-electron chi connectivity index (χ3n) is 2.21. The number of hydrogen-bond acceptors (Lipinski definition) is 3. The molecule has 0 heterocycles. The van der Waals surface area contributed by atoms with E-state index in [-0.39, 0.29) is 0 Å². The lowest BCUT2D eigenvalue weighted by molar-refractivity contribution is 0.156. The van der Waals surface area contributed by atoms with Gasteiger partial charge in [0.1, 0.15) is 0 Å². The van der Waals surface area contributed by atoms with Crippen LogP contribution in [0.2, 0.25) is 0 Å². The Kier molecular flexibility index (Phi) is 11.0. The van der Waals surface area contributed by atoms with E-state index in [1.54, 1.807) is 0 Å². The van der Waals surface area contributed by atoms with Gasteiger partial charge in [0.25, 0.3) is 0 Å². The molecule has 0 aliphatic rings. The maximum atomic E-state index is 8.89. The van der Waals surface area contributed by atoms with Crippen molar-refractivity contribution < 1.29 is 14.3 Å². The maximum absolute atomic E-state index is 8.89. The Morgan fingerprint density at radius 3 is 2.14 bits per heavy atom. The van der Waals surface area contributed by atoms with Crippen molar-refractivity contribution in [1.82, 2.24) is 0 Å². The minimum Gasteiger partial charge on any atom is -0.402 e. The largest absolute Gasteiger partial charge is 0.636 e. The predicted molar refractivity (Wildman–Crippen MR) is 58.9 cm³/mol. The zero-order chi connectivity index (χ0) is 10.6. The zero-order valence-corrected chi connectivity index (χ0v) is 9.50. The summed E-state index contributed by atoms with van der Waals surface area (Å²) >= 11 is 0. The van der Waals surface area contributed by atoms with Gasteiger partial charge in [-0.1, -0.05) is 45.4 Å². The van der Waals surface area contributed by atoms with E-state index in [1.807, 2.05) is 0 Å². The molecule has 0 saturated carbocycles. The Morgan fingerprint density at radius 2 is 1.57 bits per heavy atom. The van der Waals surface area contributed by atoms with Crippen LogP contribution >= 0.6 is 0 Å². The Labute approximate surface area is 88.0 Å². The second-order valence-corrected chi connectivity index (χ2v) is 3.53. The second kappa shape index (κ2) is 11.0. The Hall–Kier alpha value is -0.0551. The van der Waals surface area contributed by atoms with E-state index in [2.05, 4.69) is 11.6 Å². The summed E-state index contributed by atoms with van der Waals surface area (Å²) in [6.45, 7) is 2.81. The summed E-state index contributed by atoms with van der Waals surface area (Å²) in [4.78, 5) is 0. The highest BCUT2D eigenvalue weighted by Gasteiger charge is 2.11. The lowest BCUT2D eigenvalue weighted by Crippen LogP contribution is -2.20. The van der Waals surface area contributed by atoms with Gasteiger partial charge >= 0.3 is 7.32 Å². The molecule has 0 spiro atoms. The van der Waals surface area contributed by atoms with Crippen LogP contribution in [0.3, 0.4) is 0 Å². The quantitative estimate of drug-likeness (QED) is 0.436. The van der Waals surface area contributed by atoms with Crippen LogP contribution in [0, 0.1) is 0 Å². The van der Waals surface area contributed by atoms with E-state index >= 15 is 0 Å². The van der Waals surface area contributed by atoms with Crippen molar-refractivity contribution in [2.75, 3.05) is 13.7 Å². The van der Waals surface area contributed by atoms with E-state index in [9.17, 15) is 0 Å². The topological polar surface area (TPSA) is 38.7 Å². The summed E-state index contributed by atoms with van der Waals surface area (Å²) < 4.78 is 9.50. The molecule has 0 fully saturated rings. The van der Waals surface area contributed by atoms with Gasteiger partial charge in [-0.25, -0.2) is 0 Å². The lowest BCUT2D eigenvalue weighted by Gasteiger charge is -2.04. The molecule has 4 heteroatoms. The summed E-state index contributed by atoms with van der Waals surface area (Å²) in [7, 11) is 0.380. The average molecular weight is 202 g/mol. The molecule has 0 unspecified atom stereocenters. The van der Waals surface area contributed by atoms with Crippen LogP contribution in [0.4, 0.5) is 0 Å². The summed E-state index contributed by atoms with van der Waals surface area (Å²) in [6.07, 6.45) is 8.76. The molecule has 0 radical (unpaired) electrons. The predicted octanol–water partition coefficient (Wildman–Crippen LogP) is 2.38. The van der Waals surface area contributed by atoms with E-state index in [0.29, 0.717) is 6.61 Å². The van der Waals surface area contributed by atoms with Crippen molar-refractivity contribution in [3.8, 4) is 0 Å². The fourth-order valence-electron chi connectivity index (χ4n) is 1.31. The van der Waals surface area contributed by atoms with Gasteiger partial charge in [-0.15, -0.1) is 0 Å².